The Morgan fingerprint density at radius 2 is 1.73 bits per heavy atom. The second kappa shape index (κ2) is 8.46. The molecule has 6 nitrogen and oxygen atoms in total. The van der Waals surface area contributed by atoms with Crippen molar-refractivity contribution in [2.45, 2.75) is 18.5 Å². The Labute approximate surface area is 192 Å². The number of morpholine rings is 1. The molecule has 0 bridgehead atoms. The van der Waals surface area contributed by atoms with Crippen LogP contribution in [0.25, 0.3) is 10.8 Å². The fourth-order valence-electron chi connectivity index (χ4n) is 5.19. The van der Waals surface area contributed by atoms with Crippen LogP contribution in [0, 0.1) is 0 Å². The van der Waals surface area contributed by atoms with Crippen molar-refractivity contribution < 1.29 is 4.74 Å². The standard InChI is InChI=1S/C27H26N4O2/c32-27-21-10-5-11-22-24(21)26(29-30-27)23(19-7-2-1-3-8-19)25(28-22)20-9-4-6-18(16-20)17-31-12-14-33-15-13-31/h1-11,16,23,25,28H,12-15,17H2,(H,30,32). The summed E-state index contributed by atoms with van der Waals surface area (Å²) in [7, 11) is 0. The maximum absolute atomic E-state index is 12.5. The molecule has 3 heterocycles. The minimum Gasteiger partial charge on any atom is -0.379 e. The van der Waals surface area contributed by atoms with E-state index in [0.29, 0.717) is 5.39 Å². The number of H-pyrrole nitrogens is 1. The number of rotatable bonds is 4. The minimum absolute atomic E-state index is 0.00598. The van der Waals surface area contributed by atoms with Crippen LogP contribution in [-0.4, -0.2) is 41.4 Å². The van der Waals surface area contributed by atoms with E-state index in [1.807, 2.05) is 24.3 Å². The Morgan fingerprint density at radius 1 is 0.939 bits per heavy atom. The van der Waals surface area contributed by atoms with E-state index in [1.54, 1.807) is 0 Å². The fourth-order valence-corrected chi connectivity index (χ4v) is 5.19. The predicted octanol–water partition coefficient (Wildman–Crippen LogP) is 4.05. The highest BCUT2D eigenvalue weighted by atomic mass is 16.5. The first-order chi connectivity index (χ1) is 16.3. The number of ether oxygens (including phenoxy) is 1. The normalized spacial score (nSPS) is 20.5. The Bertz CT molecular complexity index is 1350. The molecular formula is C27H26N4O2. The van der Waals surface area contributed by atoms with E-state index in [1.165, 1.54) is 16.7 Å². The highest BCUT2D eigenvalue weighted by Crippen LogP contribution is 2.46. The summed E-state index contributed by atoms with van der Waals surface area (Å²) < 4.78 is 5.50. The second-order valence-electron chi connectivity index (χ2n) is 8.81. The Morgan fingerprint density at radius 3 is 2.58 bits per heavy atom. The molecule has 166 valence electrons. The van der Waals surface area contributed by atoms with Gasteiger partial charge in [-0.25, -0.2) is 5.10 Å². The lowest BCUT2D eigenvalue weighted by molar-refractivity contribution is 0.0342. The number of nitrogens with one attached hydrogen (secondary N) is 2. The summed E-state index contributed by atoms with van der Waals surface area (Å²) in [5.41, 5.74) is 5.39. The van der Waals surface area contributed by atoms with E-state index in [-0.39, 0.29) is 17.5 Å². The van der Waals surface area contributed by atoms with Crippen molar-refractivity contribution in [1.29, 1.82) is 0 Å². The van der Waals surface area contributed by atoms with Crippen LogP contribution in [0.1, 0.15) is 34.3 Å². The number of anilines is 1. The lowest BCUT2D eigenvalue weighted by Crippen LogP contribution is -2.35. The Balaban J connectivity index is 1.45. The van der Waals surface area contributed by atoms with Gasteiger partial charge in [0.2, 0.25) is 0 Å². The SMILES string of the molecule is O=c1[nH]nc2c3c(cccc13)NC(c1cccc(CN3CCOCC3)c1)C2c1ccccc1. The molecule has 0 spiro atoms. The van der Waals surface area contributed by atoms with Crippen molar-refractivity contribution >= 4 is 16.5 Å². The monoisotopic (exact) mass is 438 g/mol. The molecule has 2 aliphatic rings. The van der Waals surface area contributed by atoms with Crippen LogP contribution in [0.4, 0.5) is 5.69 Å². The molecule has 6 rings (SSSR count). The predicted molar refractivity (Wildman–Crippen MR) is 130 cm³/mol. The summed E-state index contributed by atoms with van der Waals surface area (Å²) in [6, 6.07) is 25.1. The fraction of sp³-hybridized carbons (Fsp3) is 0.259. The summed E-state index contributed by atoms with van der Waals surface area (Å²) in [5.74, 6) is -0.0286. The Hall–Kier alpha value is -3.48. The largest absolute Gasteiger partial charge is 0.379 e. The highest BCUT2D eigenvalue weighted by molar-refractivity contribution is 5.97. The molecule has 0 saturated carbocycles. The van der Waals surface area contributed by atoms with Gasteiger partial charge in [0.1, 0.15) is 0 Å². The molecule has 1 fully saturated rings. The van der Waals surface area contributed by atoms with Crippen molar-refractivity contribution in [2.24, 2.45) is 0 Å². The van der Waals surface area contributed by atoms with E-state index >= 15 is 0 Å². The van der Waals surface area contributed by atoms with Gasteiger partial charge < -0.3 is 10.1 Å². The van der Waals surface area contributed by atoms with Crippen LogP contribution in [-0.2, 0) is 11.3 Å². The first-order valence-corrected chi connectivity index (χ1v) is 11.5. The van der Waals surface area contributed by atoms with Gasteiger partial charge in [0.05, 0.1) is 36.3 Å². The molecule has 2 unspecified atom stereocenters. The molecule has 33 heavy (non-hydrogen) atoms. The zero-order valence-corrected chi connectivity index (χ0v) is 18.3. The van der Waals surface area contributed by atoms with Crippen LogP contribution >= 0.6 is 0 Å². The summed E-state index contributed by atoms with van der Waals surface area (Å²) in [6.07, 6.45) is 0. The van der Waals surface area contributed by atoms with Crippen LogP contribution in [0.15, 0.2) is 77.6 Å². The number of benzene rings is 3. The van der Waals surface area contributed by atoms with Gasteiger partial charge in [0.25, 0.3) is 5.56 Å². The summed E-state index contributed by atoms with van der Waals surface area (Å²) in [4.78, 5) is 14.9. The van der Waals surface area contributed by atoms with Gasteiger partial charge >= 0.3 is 0 Å². The molecule has 0 radical (unpaired) electrons. The lowest BCUT2D eigenvalue weighted by atomic mass is 9.80. The molecule has 1 saturated heterocycles. The maximum Gasteiger partial charge on any atom is 0.272 e. The smallest absolute Gasteiger partial charge is 0.272 e. The molecular weight excluding hydrogens is 412 g/mol. The van der Waals surface area contributed by atoms with Crippen molar-refractivity contribution in [2.75, 3.05) is 31.6 Å². The number of hydrogen-bond acceptors (Lipinski definition) is 5. The number of aromatic amines is 1. The third-order valence-electron chi connectivity index (χ3n) is 6.76. The molecule has 2 atom stereocenters. The first-order valence-electron chi connectivity index (χ1n) is 11.5. The number of nitrogens with zero attached hydrogens (tertiary/aromatic N) is 2. The van der Waals surface area contributed by atoms with Crippen LogP contribution < -0.4 is 10.9 Å². The van der Waals surface area contributed by atoms with Crippen molar-refractivity contribution in [3.63, 3.8) is 0 Å². The second-order valence-corrected chi connectivity index (χ2v) is 8.81. The molecule has 0 amide bonds. The van der Waals surface area contributed by atoms with Crippen LogP contribution in [0.3, 0.4) is 0 Å². The molecule has 2 N–H and O–H groups in total. The highest BCUT2D eigenvalue weighted by Gasteiger charge is 2.34. The van der Waals surface area contributed by atoms with Crippen molar-refractivity contribution in [1.82, 2.24) is 15.1 Å². The number of aromatic nitrogens is 2. The van der Waals surface area contributed by atoms with Gasteiger partial charge in [-0.05, 0) is 28.8 Å². The van der Waals surface area contributed by atoms with E-state index in [9.17, 15) is 4.79 Å². The van der Waals surface area contributed by atoms with Crippen molar-refractivity contribution in [3.8, 4) is 0 Å². The third kappa shape index (κ3) is 3.71. The summed E-state index contributed by atoms with van der Waals surface area (Å²) >= 11 is 0. The molecule has 6 heteroatoms. The molecule has 1 aromatic heterocycles. The van der Waals surface area contributed by atoms with Crippen molar-refractivity contribution in [3.05, 3.63) is 106 Å². The zero-order valence-electron chi connectivity index (χ0n) is 18.3. The van der Waals surface area contributed by atoms with Gasteiger partial charge in [-0.3, -0.25) is 9.69 Å². The average Bonchev–Trinajstić information content (AvgIpc) is 2.87. The maximum atomic E-state index is 12.5. The third-order valence-corrected chi connectivity index (χ3v) is 6.76. The van der Waals surface area contributed by atoms with Gasteiger partial charge in [0, 0.05) is 30.7 Å². The quantitative estimate of drug-likeness (QED) is 0.503. The molecule has 0 aliphatic carbocycles. The molecule has 2 aliphatic heterocycles. The molecule has 4 aromatic rings. The van der Waals surface area contributed by atoms with E-state index in [2.05, 4.69) is 68.9 Å². The van der Waals surface area contributed by atoms with Crippen LogP contribution in [0.2, 0.25) is 0 Å². The van der Waals surface area contributed by atoms with Gasteiger partial charge in [-0.1, -0.05) is 60.7 Å². The molecule has 3 aromatic carbocycles. The lowest BCUT2D eigenvalue weighted by Gasteiger charge is -2.35. The van der Waals surface area contributed by atoms with Gasteiger partial charge in [-0.15, -0.1) is 0 Å². The van der Waals surface area contributed by atoms with E-state index < -0.39 is 0 Å². The minimum atomic E-state index is -0.157. The van der Waals surface area contributed by atoms with E-state index in [4.69, 9.17) is 4.74 Å². The zero-order chi connectivity index (χ0) is 22.2. The van der Waals surface area contributed by atoms with Gasteiger partial charge in [0.15, 0.2) is 0 Å². The van der Waals surface area contributed by atoms with Gasteiger partial charge in [-0.2, -0.15) is 5.10 Å². The Kier molecular flexibility index (Phi) is 5.17. The number of hydrogen-bond donors (Lipinski definition) is 2. The summed E-state index contributed by atoms with van der Waals surface area (Å²) in [5, 5.41) is 12.7. The van der Waals surface area contributed by atoms with Crippen LogP contribution in [0.5, 0.6) is 0 Å². The van der Waals surface area contributed by atoms with E-state index in [0.717, 1.165) is 49.6 Å². The summed E-state index contributed by atoms with van der Waals surface area (Å²) in [6.45, 7) is 4.43. The average molecular weight is 439 g/mol. The topological polar surface area (TPSA) is 70.2 Å². The first kappa shape index (κ1) is 20.1.